The van der Waals surface area contributed by atoms with Crippen LogP contribution in [0.25, 0.3) is 0 Å². The first-order chi connectivity index (χ1) is 9.34. The molecule has 1 aromatic heterocycles. The highest BCUT2D eigenvalue weighted by Crippen LogP contribution is 2.08. The Labute approximate surface area is 115 Å². The Morgan fingerprint density at radius 2 is 1.89 bits per heavy atom. The molecular formula is C14H24N2O3. The van der Waals surface area contributed by atoms with Gasteiger partial charge in [-0.05, 0) is 18.6 Å². The number of ether oxygens (including phenoxy) is 3. The van der Waals surface area contributed by atoms with Crippen LogP contribution in [0.3, 0.4) is 0 Å². The van der Waals surface area contributed by atoms with Crippen molar-refractivity contribution in [1.29, 1.82) is 0 Å². The predicted molar refractivity (Wildman–Crippen MR) is 74.2 cm³/mol. The molecule has 0 aliphatic heterocycles. The van der Waals surface area contributed by atoms with Gasteiger partial charge in [0.15, 0.2) is 0 Å². The zero-order valence-electron chi connectivity index (χ0n) is 11.8. The fraction of sp³-hybridized carbons (Fsp3) is 0.643. The molecule has 1 aromatic rings. The van der Waals surface area contributed by atoms with Gasteiger partial charge in [-0.3, -0.25) is 4.98 Å². The van der Waals surface area contributed by atoms with Gasteiger partial charge in [0.05, 0.1) is 33.0 Å². The second-order valence-corrected chi connectivity index (χ2v) is 4.18. The van der Waals surface area contributed by atoms with Crippen molar-refractivity contribution in [2.75, 3.05) is 46.7 Å². The van der Waals surface area contributed by atoms with E-state index in [9.17, 15) is 0 Å². The quantitative estimate of drug-likeness (QED) is 0.615. The van der Waals surface area contributed by atoms with E-state index in [0.717, 1.165) is 6.54 Å². The maximum absolute atomic E-state index is 5.46. The number of rotatable bonds is 11. The summed E-state index contributed by atoms with van der Waals surface area (Å²) in [5, 5.41) is 3.38. The third-order valence-corrected chi connectivity index (χ3v) is 2.69. The van der Waals surface area contributed by atoms with Crippen LogP contribution in [0.4, 0.5) is 0 Å². The van der Waals surface area contributed by atoms with E-state index in [-0.39, 0.29) is 6.04 Å². The summed E-state index contributed by atoms with van der Waals surface area (Å²) in [5.74, 6) is 0. The lowest BCUT2D eigenvalue weighted by Gasteiger charge is -2.13. The van der Waals surface area contributed by atoms with E-state index >= 15 is 0 Å². The molecule has 0 unspecified atom stereocenters. The lowest BCUT2D eigenvalue weighted by Crippen LogP contribution is -2.24. The molecule has 1 heterocycles. The van der Waals surface area contributed by atoms with Gasteiger partial charge in [0.2, 0.25) is 0 Å². The lowest BCUT2D eigenvalue weighted by atomic mass is 10.1. The van der Waals surface area contributed by atoms with Crippen LogP contribution in [0.15, 0.2) is 24.5 Å². The minimum Gasteiger partial charge on any atom is -0.382 e. The third kappa shape index (κ3) is 7.89. The summed E-state index contributed by atoms with van der Waals surface area (Å²) in [4.78, 5) is 4.10. The van der Waals surface area contributed by atoms with Crippen LogP contribution in [0.5, 0.6) is 0 Å². The Morgan fingerprint density at radius 3 is 2.58 bits per heavy atom. The minimum atomic E-state index is 0.287. The van der Waals surface area contributed by atoms with Crippen molar-refractivity contribution in [3.05, 3.63) is 30.1 Å². The zero-order chi connectivity index (χ0) is 13.8. The molecule has 1 rings (SSSR count). The van der Waals surface area contributed by atoms with Crippen LogP contribution >= 0.6 is 0 Å². The number of hydrogen-bond acceptors (Lipinski definition) is 5. The SMILES string of the molecule is COCCOCCOCCN[C@@H](C)c1cccnc1. The van der Waals surface area contributed by atoms with Gasteiger partial charge in [-0.15, -0.1) is 0 Å². The van der Waals surface area contributed by atoms with Crippen LogP contribution in [0, 0.1) is 0 Å². The highest BCUT2D eigenvalue weighted by molar-refractivity contribution is 5.12. The van der Waals surface area contributed by atoms with Crippen LogP contribution in [0.1, 0.15) is 18.5 Å². The predicted octanol–water partition coefficient (Wildman–Crippen LogP) is 1.41. The average molecular weight is 268 g/mol. The summed E-state index contributed by atoms with van der Waals surface area (Å²) in [5.41, 5.74) is 1.19. The molecule has 0 aliphatic rings. The Kier molecular flexibility index (Phi) is 9.18. The second kappa shape index (κ2) is 10.9. The average Bonchev–Trinajstić information content (AvgIpc) is 2.46. The Bertz CT molecular complexity index is 309. The fourth-order valence-electron chi connectivity index (χ4n) is 1.56. The smallest absolute Gasteiger partial charge is 0.0701 e. The van der Waals surface area contributed by atoms with E-state index in [4.69, 9.17) is 14.2 Å². The van der Waals surface area contributed by atoms with Gasteiger partial charge < -0.3 is 19.5 Å². The Morgan fingerprint density at radius 1 is 1.16 bits per heavy atom. The first-order valence-electron chi connectivity index (χ1n) is 6.62. The van der Waals surface area contributed by atoms with Crippen LogP contribution in [0.2, 0.25) is 0 Å². The van der Waals surface area contributed by atoms with Crippen LogP contribution in [-0.2, 0) is 14.2 Å². The van der Waals surface area contributed by atoms with Crippen molar-refractivity contribution in [1.82, 2.24) is 10.3 Å². The van der Waals surface area contributed by atoms with E-state index in [0.29, 0.717) is 33.0 Å². The fourth-order valence-corrected chi connectivity index (χ4v) is 1.56. The number of nitrogens with one attached hydrogen (secondary N) is 1. The zero-order valence-corrected chi connectivity index (χ0v) is 11.8. The molecule has 0 saturated carbocycles. The highest BCUT2D eigenvalue weighted by atomic mass is 16.5. The normalized spacial score (nSPS) is 12.5. The van der Waals surface area contributed by atoms with Crippen molar-refractivity contribution in [3.63, 3.8) is 0 Å². The molecule has 5 nitrogen and oxygen atoms in total. The molecule has 5 heteroatoms. The largest absolute Gasteiger partial charge is 0.382 e. The molecule has 0 aromatic carbocycles. The number of aromatic nitrogens is 1. The molecule has 108 valence electrons. The minimum absolute atomic E-state index is 0.287. The molecule has 0 fully saturated rings. The van der Waals surface area contributed by atoms with Gasteiger partial charge in [-0.2, -0.15) is 0 Å². The third-order valence-electron chi connectivity index (χ3n) is 2.69. The molecule has 1 atom stereocenters. The van der Waals surface area contributed by atoms with E-state index in [2.05, 4.69) is 23.3 Å². The van der Waals surface area contributed by atoms with Crippen LogP contribution < -0.4 is 5.32 Å². The van der Waals surface area contributed by atoms with Gasteiger partial charge in [0, 0.05) is 32.1 Å². The summed E-state index contributed by atoms with van der Waals surface area (Å²) < 4.78 is 15.6. The maximum Gasteiger partial charge on any atom is 0.0701 e. The molecule has 0 radical (unpaired) electrons. The molecule has 0 saturated heterocycles. The number of hydrogen-bond donors (Lipinski definition) is 1. The van der Waals surface area contributed by atoms with Crippen molar-refractivity contribution >= 4 is 0 Å². The van der Waals surface area contributed by atoms with Crippen LogP contribution in [-0.4, -0.2) is 51.7 Å². The van der Waals surface area contributed by atoms with Gasteiger partial charge in [-0.25, -0.2) is 0 Å². The molecule has 19 heavy (non-hydrogen) atoms. The van der Waals surface area contributed by atoms with Gasteiger partial charge in [-0.1, -0.05) is 6.07 Å². The van der Waals surface area contributed by atoms with E-state index in [1.54, 1.807) is 13.3 Å². The molecule has 0 amide bonds. The number of methoxy groups -OCH3 is 1. The second-order valence-electron chi connectivity index (χ2n) is 4.18. The number of nitrogens with zero attached hydrogens (tertiary/aromatic N) is 1. The number of pyridine rings is 1. The van der Waals surface area contributed by atoms with Crippen molar-refractivity contribution in [2.24, 2.45) is 0 Å². The highest BCUT2D eigenvalue weighted by Gasteiger charge is 2.03. The summed E-state index contributed by atoms with van der Waals surface area (Å²) in [6.07, 6.45) is 3.66. The summed E-state index contributed by atoms with van der Waals surface area (Å²) >= 11 is 0. The topological polar surface area (TPSA) is 52.6 Å². The molecule has 0 bridgehead atoms. The Balaban J connectivity index is 1.93. The molecule has 0 aliphatic carbocycles. The van der Waals surface area contributed by atoms with Crippen molar-refractivity contribution in [2.45, 2.75) is 13.0 Å². The first kappa shape index (κ1) is 16.0. The van der Waals surface area contributed by atoms with Gasteiger partial charge >= 0.3 is 0 Å². The van der Waals surface area contributed by atoms with Gasteiger partial charge in [0.1, 0.15) is 0 Å². The molecular weight excluding hydrogens is 244 g/mol. The summed E-state index contributed by atoms with van der Waals surface area (Å²) in [6, 6.07) is 4.30. The Hall–Kier alpha value is -1.01. The van der Waals surface area contributed by atoms with Gasteiger partial charge in [0.25, 0.3) is 0 Å². The van der Waals surface area contributed by atoms with E-state index < -0.39 is 0 Å². The van der Waals surface area contributed by atoms with E-state index in [1.165, 1.54) is 5.56 Å². The lowest BCUT2D eigenvalue weighted by molar-refractivity contribution is 0.0253. The maximum atomic E-state index is 5.46. The summed E-state index contributed by atoms with van der Waals surface area (Å²) in [7, 11) is 1.66. The monoisotopic (exact) mass is 268 g/mol. The van der Waals surface area contributed by atoms with E-state index in [1.807, 2.05) is 12.3 Å². The standard InChI is InChI=1S/C14H24N2O3/c1-13(14-4-3-5-15-12-14)16-6-7-18-10-11-19-9-8-17-2/h3-5,12-13,16H,6-11H2,1-2H3/t13-/m0/s1. The summed E-state index contributed by atoms with van der Waals surface area (Å²) in [6.45, 7) is 6.09. The molecule has 1 N–H and O–H groups in total. The van der Waals surface area contributed by atoms with Crippen molar-refractivity contribution in [3.8, 4) is 0 Å². The van der Waals surface area contributed by atoms with Crippen molar-refractivity contribution < 1.29 is 14.2 Å². The molecule has 0 spiro atoms. The first-order valence-corrected chi connectivity index (χ1v) is 6.62.